The first-order valence-electron chi connectivity index (χ1n) is 2.63. The van der Waals surface area contributed by atoms with E-state index in [1.54, 1.807) is 12.1 Å². The molecule has 0 saturated heterocycles. The van der Waals surface area contributed by atoms with E-state index in [1.807, 2.05) is 18.2 Å². The molecule has 1 aromatic rings. The molecule has 0 aliphatic carbocycles. The molecule has 0 radical (unpaired) electrons. The van der Waals surface area contributed by atoms with Gasteiger partial charge in [-0.15, -0.1) is 0 Å². The predicted octanol–water partition coefficient (Wildman–Crippen LogP) is 1.60. The summed E-state index contributed by atoms with van der Waals surface area (Å²) in [6.07, 6.45) is 0. The van der Waals surface area contributed by atoms with Crippen LogP contribution in [0.1, 0.15) is 0 Å². The summed E-state index contributed by atoms with van der Waals surface area (Å²) in [6.45, 7) is 0. The average Bonchev–Trinajstić information content (AvgIpc) is 1.88. The van der Waals surface area contributed by atoms with E-state index >= 15 is 0 Å². The molecular formula is C6H6OS3. The minimum absolute atomic E-state index is 0.667. The lowest BCUT2D eigenvalue weighted by molar-refractivity contribution is 0.654. The lowest BCUT2D eigenvalue weighted by atomic mass is 10.4. The highest BCUT2D eigenvalue weighted by molar-refractivity contribution is 8.53. The summed E-state index contributed by atoms with van der Waals surface area (Å²) in [5.41, 5.74) is 0. The van der Waals surface area contributed by atoms with Crippen LogP contribution in [0, 0.1) is 0 Å². The van der Waals surface area contributed by atoms with E-state index in [-0.39, 0.29) is 0 Å². The van der Waals surface area contributed by atoms with Crippen LogP contribution in [-0.2, 0) is 29.8 Å². The van der Waals surface area contributed by atoms with E-state index in [1.165, 1.54) is 0 Å². The standard InChI is InChI=1S/C6H6OS3/c7-10(8,9)6-4-2-1-3-5-6/h1-5H,(H,7,8,9). The molecule has 1 aromatic carbocycles. The van der Waals surface area contributed by atoms with Gasteiger partial charge in [-0.05, 0) is 34.5 Å². The van der Waals surface area contributed by atoms with E-state index in [0.29, 0.717) is 4.90 Å². The maximum absolute atomic E-state index is 9.20. The first kappa shape index (κ1) is 8.07. The quantitative estimate of drug-likeness (QED) is 0.726. The largest absolute Gasteiger partial charge is 0.322 e. The summed E-state index contributed by atoms with van der Waals surface area (Å²) in [6, 6.07) is 8.97. The molecule has 0 heterocycles. The first-order valence-corrected chi connectivity index (χ1v) is 6.07. The lowest BCUT2D eigenvalue weighted by Gasteiger charge is -1.99. The molecule has 0 unspecified atom stereocenters. The van der Waals surface area contributed by atoms with Crippen LogP contribution in [0.15, 0.2) is 35.2 Å². The van der Waals surface area contributed by atoms with Crippen molar-refractivity contribution in [1.29, 1.82) is 0 Å². The van der Waals surface area contributed by atoms with Crippen molar-refractivity contribution in [3.05, 3.63) is 30.3 Å². The normalized spacial score (nSPS) is 11.3. The highest BCUT2D eigenvalue weighted by Crippen LogP contribution is 2.06. The van der Waals surface area contributed by atoms with Gasteiger partial charge in [0, 0.05) is 12.3 Å². The van der Waals surface area contributed by atoms with Crippen molar-refractivity contribution < 1.29 is 4.55 Å². The summed E-state index contributed by atoms with van der Waals surface area (Å²) < 4.78 is 9.20. The molecule has 0 atom stereocenters. The molecule has 0 fully saturated rings. The van der Waals surface area contributed by atoms with Crippen molar-refractivity contribution in [3.8, 4) is 0 Å². The van der Waals surface area contributed by atoms with Gasteiger partial charge in [0.05, 0.1) is 0 Å². The molecule has 1 rings (SSSR count). The van der Waals surface area contributed by atoms with E-state index in [9.17, 15) is 4.55 Å². The SMILES string of the molecule is OS(=S)(=S)c1ccccc1. The fraction of sp³-hybridized carbons (Fsp3) is 0. The van der Waals surface area contributed by atoms with Gasteiger partial charge in [-0.2, -0.15) is 0 Å². The monoisotopic (exact) mass is 190 g/mol. The van der Waals surface area contributed by atoms with Gasteiger partial charge in [0.15, 0.2) is 0 Å². The van der Waals surface area contributed by atoms with Gasteiger partial charge in [-0.25, -0.2) is 0 Å². The Morgan fingerprint density at radius 2 is 1.60 bits per heavy atom. The second kappa shape index (κ2) is 2.92. The van der Waals surface area contributed by atoms with Gasteiger partial charge < -0.3 is 4.55 Å². The van der Waals surface area contributed by atoms with Gasteiger partial charge in [-0.1, -0.05) is 18.2 Å². The number of benzene rings is 1. The molecule has 10 heavy (non-hydrogen) atoms. The van der Waals surface area contributed by atoms with Gasteiger partial charge in [0.2, 0.25) is 0 Å². The van der Waals surface area contributed by atoms with Gasteiger partial charge in [0.1, 0.15) is 0 Å². The molecule has 0 bridgehead atoms. The number of hydrogen-bond donors (Lipinski definition) is 1. The molecule has 0 aromatic heterocycles. The fourth-order valence-corrected chi connectivity index (χ4v) is 1.76. The summed E-state index contributed by atoms with van der Waals surface area (Å²) in [5.74, 6) is 0. The maximum Gasteiger partial charge on any atom is 0.0439 e. The Morgan fingerprint density at radius 1 is 1.10 bits per heavy atom. The summed E-state index contributed by atoms with van der Waals surface area (Å²) in [5, 5.41) is 0. The molecular weight excluding hydrogens is 184 g/mol. The van der Waals surface area contributed by atoms with Crippen molar-refractivity contribution in [3.63, 3.8) is 0 Å². The van der Waals surface area contributed by atoms with E-state index in [2.05, 4.69) is 0 Å². The zero-order valence-corrected chi connectivity index (χ0v) is 7.51. The second-order valence-electron chi connectivity index (χ2n) is 1.79. The molecule has 1 nitrogen and oxygen atoms in total. The Hall–Kier alpha value is -0.0300. The Balaban J connectivity index is 3.22. The van der Waals surface area contributed by atoms with Crippen molar-refractivity contribution >= 4 is 29.8 Å². The maximum atomic E-state index is 9.20. The van der Waals surface area contributed by atoms with Gasteiger partial charge in [-0.3, -0.25) is 0 Å². The second-order valence-corrected chi connectivity index (χ2v) is 6.74. The molecule has 0 amide bonds. The van der Waals surface area contributed by atoms with E-state index in [0.717, 1.165) is 0 Å². The van der Waals surface area contributed by atoms with Crippen LogP contribution >= 0.6 is 0 Å². The molecule has 1 N–H and O–H groups in total. The number of rotatable bonds is 1. The molecule has 0 aliphatic heterocycles. The summed E-state index contributed by atoms with van der Waals surface area (Å²) >= 11 is 9.41. The smallest absolute Gasteiger partial charge is 0.0439 e. The Bertz CT molecular complexity index is 301. The lowest BCUT2D eigenvalue weighted by Crippen LogP contribution is -1.92. The van der Waals surface area contributed by atoms with Crippen LogP contribution in [0.5, 0.6) is 0 Å². The van der Waals surface area contributed by atoms with E-state index in [4.69, 9.17) is 22.4 Å². The van der Waals surface area contributed by atoms with Crippen LogP contribution in [0.4, 0.5) is 0 Å². The predicted molar refractivity (Wildman–Crippen MR) is 49.4 cm³/mol. The highest BCUT2D eigenvalue weighted by Gasteiger charge is 1.96. The highest BCUT2D eigenvalue weighted by atomic mass is 33.1. The minimum atomic E-state index is -2.34. The van der Waals surface area contributed by atoms with E-state index < -0.39 is 7.43 Å². The zero-order valence-electron chi connectivity index (χ0n) is 5.06. The third-order valence-electron chi connectivity index (χ3n) is 1.04. The summed E-state index contributed by atoms with van der Waals surface area (Å²) in [7, 11) is -2.34. The van der Waals surface area contributed by atoms with Crippen molar-refractivity contribution in [2.24, 2.45) is 0 Å². The molecule has 4 heteroatoms. The zero-order chi connectivity index (χ0) is 7.61. The Labute approximate surface area is 69.7 Å². The molecule has 0 aliphatic rings. The van der Waals surface area contributed by atoms with Gasteiger partial charge >= 0.3 is 0 Å². The third kappa shape index (κ3) is 1.98. The van der Waals surface area contributed by atoms with Crippen molar-refractivity contribution in [1.82, 2.24) is 0 Å². The van der Waals surface area contributed by atoms with Crippen LogP contribution in [0.25, 0.3) is 0 Å². The number of hydrogen-bond acceptors (Lipinski definition) is 2. The molecule has 0 spiro atoms. The van der Waals surface area contributed by atoms with Gasteiger partial charge in [0.25, 0.3) is 0 Å². The Morgan fingerprint density at radius 3 is 1.90 bits per heavy atom. The fourth-order valence-electron chi connectivity index (χ4n) is 0.592. The van der Waals surface area contributed by atoms with Crippen molar-refractivity contribution in [2.75, 3.05) is 0 Å². The molecule has 54 valence electrons. The minimum Gasteiger partial charge on any atom is -0.322 e. The van der Waals surface area contributed by atoms with Crippen LogP contribution < -0.4 is 0 Å². The van der Waals surface area contributed by atoms with Crippen LogP contribution in [0.2, 0.25) is 0 Å². The third-order valence-corrected chi connectivity index (χ3v) is 3.06. The van der Waals surface area contributed by atoms with Crippen molar-refractivity contribution in [2.45, 2.75) is 4.90 Å². The van der Waals surface area contributed by atoms with Crippen LogP contribution in [0.3, 0.4) is 0 Å². The Kier molecular flexibility index (Phi) is 2.36. The first-order chi connectivity index (χ1) is 4.61. The topological polar surface area (TPSA) is 20.2 Å². The van der Waals surface area contributed by atoms with Crippen LogP contribution in [-0.4, -0.2) is 4.55 Å². The average molecular weight is 190 g/mol. The summed E-state index contributed by atoms with van der Waals surface area (Å²) in [4.78, 5) is 0.667. The molecule has 0 saturated carbocycles.